The fraction of sp³-hybridized carbons (Fsp3) is 0.667. The molecule has 1 saturated heterocycles. The Morgan fingerprint density at radius 3 is 3.19 bits per heavy atom. The lowest BCUT2D eigenvalue weighted by Crippen LogP contribution is -2.26. The van der Waals surface area contributed by atoms with Crippen LogP contribution in [0, 0.1) is 5.92 Å². The molecule has 1 fully saturated rings. The minimum atomic E-state index is 0.846. The summed E-state index contributed by atoms with van der Waals surface area (Å²) in [5, 5.41) is 5.61. The Labute approximate surface area is 110 Å². The molecule has 1 aromatic rings. The monoisotopic (exact) mass is 302 g/mol. The van der Waals surface area contributed by atoms with Crippen LogP contribution in [-0.4, -0.2) is 31.1 Å². The predicted molar refractivity (Wildman–Crippen MR) is 73.9 cm³/mol. The molecule has 0 spiro atoms. The maximum absolute atomic E-state index is 3.60. The molecule has 0 bridgehead atoms. The van der Waals surface area contributed by atoms with E-state index in [4.69, 9.17) is 0 Å². The van der Waals surface area contributed by atoms with Crippen molar-refractivity contribution in [3.05, 3.63) is 20.8 Å². The summed E-state index contributed by atoms with van der Waals surface area (Å²) in [5.41, 5.74) is 0. The van der Waals surface area contributed by atoms with Crippen molar-refractivity contribution < 1.29 is 0 Å². The van der Waals surface area contributed by atoms with Gasteiger partial charge in [-0.2, -0.15) is 0 Å². The average molecular weight is 303 g/mol. The highest BCUT2D eigenvalue weighted by Gasteiger charge is 2.22. The van der Waals surface area contributed by atoms with Crippen molar-refractivity contribution >= 4 is 27.3 Å². The number of rotatable bonds is 5. The van der Waals surface area contributed by atoms with Crippen LogP contribution in [-0.2, 0) is 6.54 Å². The van der Waals surface area contributed by atoms with E-state index >= 15 is 0 Å². The summed E-state index contributed by atoms with van der Waals surface area (Å²) < 4.78 is 1.27. The molecule has 0 radical (unpaired) electrons. The number of thiophene rings is 1. The average Bonchev–Trinajstić information content (AvgIpc) is 2.87. The maximum atomic E-state index is 3.60. The van der Waals surface area contributed by atoms with Crippen LogP contribution in [0.5, 0.6) is 0 Å². The van der Waals surface area contributed by atoms with Gasteiger partial charge in [0.15, 0.2) is 0 Å². The van der Waals surface area contributed by atoms with Gasteiger partial charge in [0, 0.05) is 22.4 Å². The molecule has 0 saturated carbocycles. The molecule has 1 aliphatic rings. The second-order valence-electron chi connectivity index (χ2n) is 4.39. The first-order valence-corrected chi connectivity index (χ1v) is 7.61. The third-order valence-electron chi connectivity index (χ3n) is 3.11. The smallest absolute Gasteiger partial charge is 0.0339 e. The fourth-order valence-corrected chi connectivity index (χ4v) is 3.73. The molecule has 90 valence electrons. The first kappa shape index (κ1) is 12.6. The molecule has 0 aromatic carbocycles. The van der Waals surface area contributed by atoms with Crippen molar-refractivity contribution in [2.75, 3.05) is 26.2 Å². The topological polar surface area (TPSA) is 15.3 Å². The number of hydrogen-bond acceptors (Lipinski definition) is 3. The zero-order valence-corrected chi connectivity index (χ0v) is 12.1. The molecule has 1 atom stereocenters. The van der Waals surface area contributed by atoms with E-state index in [1.165, 1.54) is 35.4 Å². The van der Waals surface area contributed by atoms with Gasteiger partial charge in [-0.3, -0.25) is 4.90 Å². The Morgan fingerprint density at radius 2 is 2.50 bits per heavy atom. The van der Waals surface area contributed by atoms with Gasteiger partial charge in [0.25, 0.3) is 0 Å². The number of hydrogen-bond donors (Lipinski definition) is 1. The molecular weight excluding hydrogens is 284 g/mol. The lowest BCUT2D eigenvalue weighted by molar-refractivity contribution is 0.317. The first-order chi connectivity index (χ1) is 7.79. The molecule has 1 N–H and O–H groups in total. The minimum Gasteiger partial charge on any atom is -0.317 e. The van der Waals surface area contributed by atoms with E-state index in [0.29, 0.717) is 0 Å². The molecule has 1 aromatic heterocycles. The van der Waals surface area contributed by atoms with Crippen molar-refractivity contribution in [1.29, 1.82) is 0 Å². The maximum Gasteiger partial charge on any atom is 0.0339 e. The van der Waals surface area contributed by atoms with Crippen molar-refractivity contribution in [1.82, 2.24) is 10.2 Å². The second kappa shape index (κ2) is 6.15. The van der Waals surface area contributed by atoms with Gasteiger partial charge in [0.05, 0.1) is 0 Å². The number of nitrogens with one attached hydrogen (secondary N) is 1. The number of halogens is 1. The van der Waals surface area contributed by atoms with Crippen LogP contribution < -0.4 is 5.32 Å². The molecule has 1 aliphatic heterocycles. The predicted octanol–water partition coefficient (Wildman–Crippen LogP) is 2.94. The summed E-state index contributed by atoms with van der Waals surface area (Å²) in [6, 6.07) is 2.15. The summed E-state index contributed by atoms with van der Waals surface area (Å²) in [5.74, 6) is 0.846. The minimum absolute atomic E-state index is 0.846. The van der Waals surface area contributed by atoms with Gasteiger partial charge in [-0.15, -0.1) is 11.3 Å². The third kappa shape index (κ3) is 3.29. The van der Waals surface area contributed by atoms with E-state index < -0.39 is 0 Å². The molecule has 4 heteroatoms. The summed E-state index contributed by atoms with van der Waals surface area (Å²) in [7, 11) is 0. The lowest BCUT2D eigenvalue weighted by atomic mass is 10.1. The standard InChI is InChI=1S/C12H19BrN2S/c1-2-14-7-10-3-5-15(8-10)9-12-11(13)4-6-16-12/h4,6,10,14H,2-3,5,7-9H2,1H3. The Kier molecular flexibility index (Phi) is 4.82. The normalized spacial score (nSPS) is 21.8. The number of likely N-dealkylation sites (tertiary alicyclic amines) is 1. The highest BCUT2D eigenvalue weighted by Crippen LogP contribution is 2.26. The highest BCUT2D eigenvalue weighted by atomic mass is 79.9. The van der Waals surface area contributed by atoms with Crippen LogP contribution in [0.3, 0.4) is 0 Å². The quantitative estimate of drug-likeness (QED) is 0.900. The van der Waals surface area contributed by atoms with Crippen LogP contribution >= 0.6 is 27.3 Å². The summed E-state index contributed by atoms with van der Waals surface area (Å²) in [4.78, 5) is 4.03. The summed E-state index contributed by atoms with van der Waals surface area (Å²) in [6.45, 7) is 8.06. The molecule has 2 nitrogen and oxygen atoms in total. The molecular formula is C12H19BrN2S. The zero-order valence-electron chi connectivity index (χ0n) is 9.71. The van der Waals surface area contributed by atoms with Gasteiger partial charge in [0.2, 0.25) is 0 Å². The van der Waals surface area contributed by atoms with E-state index in [0.717, 1.165) is 19.0 Å². The van der Waals surface area contributed by atoms with Gasteiger partial charge in [-0.1, -0.05) is 6.92 Å². The molecule has 0 amide bonds. The largest absolute Gasteiger partial charge is 0.317 e. The Morgan fingerprint density at radius 1 is 1.62 bits per heavy atom. The Balaban J connectivity index is 1.79. The van der Waals surface area contributed by atoms with Crippen LogP contribution in [0.2, 0.25) is 0 Å². The zero-order chi connectivity index (χ0) is 11.4. The van der Waals surface area contributed by atoms with Crippen LogP contribution in [0.1, 0.15) is 18.2 Å². The van der Waals surface area contributed by atoms with E-state index in [1.807, 2.05) is 11.3 Å². The molecule has 2 heterocycles. The van der Waals surface area contributed by atoms with Gasteiger partial charge >= 0.3 is 0 Å². The Bertz CT molecular complexity index is 327. The van der Waals surface area contributed by atoms with Crippen molar-refractivity contribution in [3.63, 3.8) is 0 Å². The van der Waals surface area contributed by atoms with Crippen LogP contribution in [0.4, 0.5) is 0 Å². The third-order valence-corrected chi connectivity index (χ3v) is 5.02. The summed E-state index contributed by atoms with van der Waals surface area (Å²) >= 11 is 5.45. The molecule has 2 rings (SSSR count). The van der Waals surface area contributed by atoms with Gasteiger partial charge in [-0.25, -0.2) is 0 Å². The second-order valence-corrected chi connectivity index (χ2v) is 6.24. The van der Waals surface area contributed by atoms with Crippen molar-refractivity contribution in [2.45, 2.75) is 19.9 Å². The van der Waals surface area contributed by atoms with Crippen LogP contribution in [0.25, 0.3) is 0 Å². The van der Waals surface area contributed by atoms with Crippen molar-refractivity contribution in [3.8, 4) is 0 Å². The lowest BCUT2D eigenvalue weighted by Gasteiger charge is -2.15. The van der Waals surface area contributed by atoms with Gasteiger partial charge in [-0.05, 0) is 59.3 Å². The van der Waals surface area contributed by atoms with Crippen LogP contribution in [0.15, 0.2) is 15.9 Å². The molecule has 1 unspecified atom stereocenters. The fourth-order valence-electron chi connectivity index (χ4n) is 2.21. The molecule has 0 aliphatic carbocycles. The number of nitrogens with zero attached hydrogens (tertiary/aromatic N) is 1. The molecule has 16 heavy (non-hydrogen) atoms. The van der Waals surface area contributed by atoms with E-state index in [1.54, 1.807) is 0 Å². The Hall–Kier alpha value is 0.100. The van der Waals surface area contributed by atoms with Crippen molar-refractivity contribution in [2.24, 2.45) is 5.92 Å². The highest BCUT2D eigenvalue weighted by molar-refractivity contribution is 9.10. The SMILES string of the molecule is CCNCC1CCN(Cc2sccc2Br)C1. The van der Waals surface area contributed by atoms with E-state index in [2.05, 4.69) is 44.5 Å². The van der Waals surface area contributed by atoms with Gasteiger partial charge in [0.1, 0.15) is 0 Å². The summed E-state index contributed by atoms with van der Waals surface area (Å²) in [6.07, 6.45) is 1.34. The van der Waals surface area contributed by atoms with E-state index in [-0.39, 0.29) is 0 Å². The first-order valence-electron chi connectivity index (χ1n) is 5.94. The van der Waals surface area contributed by atoms with E-state index in [9.17, 15) is 0 Å². The van der Waals surface area contributed by atoms with Gasteiger partial charge < -0.3 is 5.32 Å².